The first-order chi connectivity index (χ1) is 15.6. The smallest absolute Gasteiger partial charge is 0.242 e. The van der Waals surface area contributed by atoms with E-state index < -0.39 is 0 Å². The molecule has 0 spiro atoms. The van der Waals surface area contributed by atoms with Gasteiger partial charge in [0.05, 0.1) is 27.9 Å². The monoisotopic (exact) mass is 451 g/mol. The lowest BCUT2D eigenvalue weighted by Crippen LogP contribution is -2.31. The summed E-state index contributed by atoms with van der Waals surface area (Å²) in [6.45, 7) is 0.297. The fraction of sp³-hybridized carbons (Fsp3) is 0.192. The minimum Gasteiger partial charge on any atom is -0.497 e. The zero-order valence-electron chi connectivity index (χ0n) is 18.4. The van der Waals surface area contributed by atoms with E-state index in [-0.39, 0.29) is 11.8 Å². The number of rotatable bonds is 9. The lowest BCUT2D eigenvalue weighted by molar-refractivity contribution is -0.116. The van der Waals surface area contributed by atoms with Crippen molar-refractivity contribution in [2.75, 3.05) is 32.1 Å². The van der Waals surface area contributed by atoms with Crippen molar-refractivity contribution in [1.82, 2.24) is 0 Å². The van der Waals surface area contributed by atoms with Crippen LogP contribution < -0.4 is 19.1 Å². The molecule has 0 aliphatic heterocycles. The number of ether oxygens (including phenoxy) is 3. The molecule has 3 rings (SSSR count). The standard InChI is InChI=1S/C26H26ClNO4/c1-30-22-13-10-19(11-14-22)9-12-20-15-23(31-2)16-25(32-3)24(20)18-28(26(29)17-27)21-7-5-4-6-8-21/h4-16H,17-18H2,1-3H3. The van der Waals surface area contributed by atoms with Gasteiger partial charge in [-0.25, -0.2) is 0 Å². The number of nitrogens with zero attached hydrogens (tertiary/aromatic N) is 1. The SMILES string of the molecule is COc1ccc(C=Cc2cc(OC)cc(OC)c2CN(C(=O)CCl)c2ccccc2)cc1. The summed E-state index contributed by atoms with van der Waals surface area (Å²) in [7, 11) is 4.85. The van der Waals surface area contributed by atoms with E-state index in [0.29, 0.717) is 18.0 Å². The van der Waals surface area contributed by atoms with E-state index in [1.807, 2.05) is 78.9 Å². The van der Waals surface area contributed by atoms with E-state index in [1.54, 1.807) is 26.2 Å². The predicted molar refractivity (Wildman–Crippen MR) is 130 cm³/mol. The molecular weight excluding hydrogens is 426 g/mol. The Balaban J connectivity index is 2.04. The van der Waals surface area contributed by atoms with E-state index in [9.17, 15) is 4.79 Å². The summed E-state index contributed by atoms with van der Waals surface area (Å²) in [5, 5.41) is 0. The molecule has 3 aromatic carbocycles. The van der Waals surface area contributed by atoms with Crippen molar-refractivity contribution in [2.45, 2.75) is 6.54 Å². The molecule has 6 heteroatoms. The zero-order valence-corrected chi connectivity index (χ0v) is 19.1. The molecule has 32 heavy (non-hydrogen) atoms. The number of hydrogen-bond acceptors (Lipinski definition) is 4. The Morgan fingerprint density at radius 1 is 0.875 bits per heavy atom. The predicted octanol–water partition coefficient (Wildman–Crippen LogP) is 5.65. The largest absolute Gasteiger partial charge is 0.497 e. The van der Waals surface area contributed by atoms with Crippen molar-refractivity contribution in [3.8, 4) is 17.2 Å². The van der Waals surface area contributed by atoms with E-state index >= 15 is 0 Å². The van der Waals surface area contributed by atoms with Gasteiger partial charge in [0.1, 0.15) is 23.1 Å². The van der Waals surface area contributed by atoms with Crippen molar-refractivity contribution >= 4 is 35.3 Å². The molecule has 0 heterocycles. The summed E-state index contributed by atoms with van der Waals surface area (Å²) in [5.41, 5.74) is 3.50. The van der Waals surface area contributed by atoms with Gasteiger partial charge in [0, 0.05) is 17.3 Å². The Morgan fingerprint density at radius 2 is 1.56 bits per heavy atom. The van der Waals surface area contributed by atoms with Crippen LogP contribution in [-0.4, -0.2) is 33.1 Å². The molecular formula is C26H26ClNO4. The van der Waals surface area contributed by atoms with Gasteiger partial charge in [-0.2, -0.15) is 0 Å². The summed E-state index contributed by atoms with van der Waals surface area (Å²) >= 11 is 5.92. The number of halogens is 1. The molecule has 1 amide bonds. The first-order valence-corrected chi connectivity index (χ1v) is 10.6. The summed E-state index contributed by atoms with van der Waals surface area (Å²) in [4.78, 5) is 14.3. The molecule has 0 saturated heterocycles. The molecule has 0 atom stereocenters. The van der Waals surface area contributed by atoms with Crippen molar-refractivity contribution < 1.29 is 19.0 Å². The molecule has 0 radical (unpaired) electrons. The van der Waals surface area contributed by atoms with Gasteiger partial charge in [-0.1, -0.05) is 42.5 Å². The molecule has 5 nitrogen and oxygen atoms in total. The molecule has 0 saturated carbocycles. The van der Waals surface area contributed by atoms with Gasteiger partial charge in [-0.3, -0.25) is 4.79 Å². The molecule has 0 aliphatic rings. The van der Waals surface area contributed by atoms with Gasteiger partial charge >= 0.3 is 0 Å². The number of alkyl halides is 1. The highest BCUT2D eigenvalue weighted by Crippen LogP contribution is 2.33. The summed E-state index contributed by atoms with van der Waals surface area (Å²) in [6.07, 6.45) is 3.98. The molecule has 0 unspecified atom stereocenters. The molecule has 0 N–H and O–H groups in total. The molecule has 166 valence electrons. The zero-order chi connectivity index (χ0) is 22.9. The normalized spacial score (nSPS) is 10.8. The van der Waals surface area contributed by atoms with Crippen LogP contribution in [0.4, 0.5) is 5.69 Å². The minimum atomic E-state index is -0.194. The highest BCUT2D eigenvalue weighted by molar-refractivity contribution is 6.29. The molecule has 3 aromatic rings. The Morgan fingerprint density at radius 3 is 2.16 bits per heavy atom. The second-order valence-corrected chi connectivity index (χ2v) is 7.22. The first-order valence-electron chi connectivity index (χ1n) is 10.1. The number of anilines is 1. The minimum absolute atomic E-state index is 0.121. The average Bonchev–Trinajstić information content (AvgIpc) is 2.86. The van der Waals surface area contributed by atoms with Crippen molar-refractivity contribution in [3.63, 3.8) is 0 Å². The van der Waals surface area contributed by atoms with Gasteiger partial charge < -0.3 is 19.1 Å². The molecule has 0 bridgehead atoms. The Kier molecular flexibility index (Phi) is 8.17. The highest BCUT2D eigenvalue weighted by Gasteiger charge is 2.20. The van der Waals surface area contributed by atoms with E-state index in [1.165, 1.54) is 0 Å². The van der Waals surface area contributed by atoms with Gasteiger partial charge in [-0.05, 0) is 41.5 Å². The molecule has 0 aliphatic carbocycles. The van der Waals surface area contributed by atoms with Gasteiger partial charge in [-0.15, -0.1) is 11.6 Å². The van der Waals surface area contributed by atoms with Crippen LogP contribution in [0.3, 0.4) is 0 Å². The van der Waals surface area contributed by atoms with Crippen LogP contribution in [0.5, 0.6) is 17.2 Å². The van der Waals surface area contributed by atoms with Crippen LogP contribution in [0, 0.1) is 0 Å². The quantitative estimate of drug-likeness (QED) is 0.311. The van der Waals surface area contributed by atoms with E-state index in [4.69, 9.17) is 25.8 Å². The topological polar surface area (TPSA) is 48.0 Å². The third-order valence-corrected chi connectivity index (χ3v) is 5.27. The van der Waals surface area contributed by atoms with Crippen LogP contribution in [0.15, 0.2) is 66.7 Å². The molecule has 0 aromatic heterocycles. The maximum atomic E-state index is 12.7. The number of amides is 1. The second-order valence-electron chi connectivity index (χ2n) is 6.95. The van der Waals surface area contributed by atoms with Crippen LogP contribution in [-0.2, 0) is 11.3 Å². The lowest BCUT2D eigenvalue weighted by Gasteiger charge is -2.24. The molecule has 0 fully saturated rings. The van der Waals surface area contributed by atoms with E-state index in [0.717, 1.165) is 28.1 Å². The van der Waals surface area contributed by atoms with Crippen LogP contribution in [0.2, 0.25) is 0 Å². The fourth-order valence-corrected chi connectivity index (χ4v) is 3.47. The van der Waals surface area contributed by atoms with Crippen LogP contribution >= 0.6 is 11.6 Å². The average molecular weight is 452 g/mol. The Bertz CT molecular complexity index is 1070. The van der Waals surface area contributed by atoms with Gasteiger partial charge in [0.25, 0.3) is 0 Å². The lowest BCUT2D eigenvalue weighted by atomic mass is 10.0. The fourth-order valence-electron chi connectivity index (χ4n) is 3.32. The number of benzene rings is 3. The first kappa shape index (κ1) is 23.2. The Labute approximate surface area is 193 Å². The van der Waals surface area contributed by atoms with Crippen molar-refractivity contribution in [2.24, 2.45) is 0 Å². The highest BCUT2D eigenvalue weighted by atomic mass is 35.5. The summed E-state index contributed by atoms with van der Waals surface area (Å²) in [6, 6.07) is 20.9. The second kappa shape index (κ2) is 11.3. The Hall–Kier alpha value is -3.44. The third-order valence-electron chi connectivity index (χ3n) is 5.04. The third kappa shape index (κ3) is 5.62. The summed E-state index contributed by atoms with van der Waals surface area (Å²) < 4.78 is 16.3. The van der Waals surface area contributed by atoms with E-state index in [2.05, 4.69) is 0 Å². The number of carbonyl (C=O) groups excluding carboxylic acids is 1. The summed E-state index contributed by atoms with van der Waals surface area (Å²) in [5.74, 6) is 1.77. The van der Waals surface area contributed by atoms with Gasteiger partial charge in [0.2, 0.25) is 5.91 Å². The maximum absolute atomic E-state index is 12.7. The van der Waals surface area contributed by atoms with Crippen molar-refractivity contribution in [1.29, 1.82) is 0 Å². The van der Waals surface area contributed by atoms with Crippen molar-refractivity contribution in [3.05, 3.63) is 83.4 Å². The maximum Gasteiger partial charge on any atom is 0.242 e. The van der Waals surface area contributed by atoms with Crippen LogP contribution in [0.1, 0.15) is 16.7 Å². The number of methoxy groups -OCH3 is 3. The number of carbonyl (C=O) groups is 1. The number of para-hydroxylation sites is 1. The van der Waals surface area contributed by atoms with Crippen LogP contribution in [0.25, 0.3) is 12.2 Å². The number of hydrogen-bond donors (Lipinski definition) is 0. The van der Waals surface area contributed by atoms with Gasteiger partial charge in [0.15, 0.2) is 0 Å².